The van der Waals surface area contributed by atoms with Gasteiger partial charge in [0.1, 0.15) is 0 Å². The fourth-order valence-electron chi connectivity index (χ4n) is 2.65. The van der Waals surface area contributed by atoms with Crippen LogP contribution in [-0.4, -0.2) is 31.6 Å². The lowest BCUT2D eigenvalue weighted by molar-refractivity contribution is 0.242. The minimum absolute atomic E-state index is 0.414. The van der Waals surface area contributed by atoms with Gasteiger partial charge in [-0.2, -0.15) is 0 Å². The molecule has 2 aromatic rings. The molecule has 3 heteroatoms. The lowest BCUT2D eigenvalue weighted by atomic mass is 10.0. The number of nitrogens with one attached hydrogen (secondary N) is 1. The smallest absolute Gasteiger partial charge is 0.0387 e. The summed E-state index contributed by atoms with van der Waals surface area (Å²) < 4.78 is 1.38. The number of rotatable bonds is 7. The molecule has 116 valence electrons. The number of likely N-dealkylation sites (N-methyl/N-ethyl adjacent to an activating group) is 1. The summed E-state index contributed by atoms with van der Waals surface area (Å²) in [6.07, 6.45) is 1.24. The van der Waals surface area contributed by atoms with E-state index >= 15 is 0 Å². The summed E-state index contributed by atoms with van der Waals surface area (Å²) >= 11 is 1.90. The molecule has 1 aromatic heterocycles. The van der Waals surface area contributed by atoms with Gasteiger partial charge in [-0.15, -0.1) is 11.3 Å². The summed E-state index contributed by atoms with van der Waals surface area (Å²) in [5.74, 6) is 0.735. The molecule has 0 aliphatic heterocycles. The second-order valence-corrected chi connectivity index (χ2v) is 7.68. The van der Waals surface area contributed by atoms with Crippen molar-refractivity contribution in [3.05, 3.63) is 35.2 Å². The molecule has 0 aliphatic rings. The van der Waals surface area contributed by atoms with Gasteiger partial charge in [-0.1, -0.05) is 32.0 Å². The maximum absolute atomic E-state index is 3.72. The zero-order chi connectivity index (χ0) is 15.4. The number of nitrogens with zero attached hydrogens (tertiary/aromatic N) is 1. The molecule has 0 saturated heterocycles. The monoisotopic (exact) mass is 304 g/mol. The minimum atomic E-state index is 0.414. The van der Waals surface area contributed by atoms with E-state index in [0.29, 0.717) is 12.1 Å². The molecule has 2 unspecified atom stereocenters. The minimum Gasteiger partial charge on any atom is -0.308 e. The molecular formula is C18H28N2S. The molecule has 1 heterocycles. The Kier molecular flexibility index (Phi) is 5.80. The quantitative estimate of drug-likeness (QED) is 0.808. The Labute approximate surface area is 133 Å². The highest BCUT2D eigenvalue weighted by atomic mass is 32.1. The fourth-order valence-corrected chi connectivity index (χ4v) is 3.74. The van der Waals surface area contributed by atoms with Crippen LogP contribution in [0.25, 0.3) is 10.1 Å². The largest absolute Gasteiger partial charge is 0.308 e. The molecule has 0 saturated carbocycles. The van der Waals surface area contributed by atoms with Crippen molar-refractivity contribution in [3.63, 3.8) is 0 Å². The fraction of sp³-hybridized carbons (Fsp3) is 0.556. The van der Waals surface area contributed by atoms with E-state index in [2.05, 4.69) is 75.4 Å². The number of thiophene rings is 1. The third-order valence-corrected chi connectivity index (χ3v) is 5.30. The molecule has 2 rings (SSSR count). The first-order valence-electron chi connectivity index (χ1n) is 7.85. The second kappa shape index (κ2) is 7.39. The van der Waals surface area contributed by atoms with Gasteiger partial charge in [0.15, 0.2) is 0 Å². The highest BCUT2D eigenvalue weighted by molar-refractivity contribution is 7.19. The van der Waals surface area contributed by atoms with Gasteiger partial charge >= 0.3 is 0 Å². The summed E-state index contributed by atoms with van der Waals surface area (Å²) in [6.45, 7) is 7.91. The van der Waals surface area contributed by atoms with Crippen molar-refractivity contribution < 1.29 is 0 Å². The molecule has 1 aromatic carbocycles. The highest BCUT2D eigenvalue weighted by Gasteiger charge is 2.16. The van der Waals surface area contributed by atoms with Crippen molar-refractivity contribution in [1.82, 2.24) is 10.2 Å². The first-order chi connectivity index (χ1) is 9.97. The van der Waals surface area contributed by atoms with Crippen LogP contribution in [0.5, 0.6) is 0 Å². The summed E-state index contributed by atoms with van der Waals surface area (Å²) in [6, 6.07) is 12.0. The van der Waals surface area contributed by atoms with Gasteiger partial charge in [-0.05, 0) is 50.9 Å². The van der Waals surface area contributed by atoms with Crippen molar-refractivity contribution in [2.45, 2.75) is 39.3 Å². The number of hydrogen-bond acceptors (Lipinski definition) is 3. The average Bonchev–Trinajstić information content (AvgIpc) is 2.86. The number of fused-ring (bicyclic) bond motifs is 1. The van der Waals surface area contributed by atoms with E-state index in [1.807, 2.05) is 11.3 Å². The van der Waals surface area contributed by atoms with Crippen LogP contribution >= 0.6 is 11.3 Å². The van der Waals surface area contributed by atoms with Gasteiger partial charge in [0, 0.05) is 28.2 Å². The van der Waals surface area contributed by atoms with Gasteiger partial charge in [-0.25, -0.2) is 0 Å². The van der Waals surface area contributed by atoms with Crippen LogP contribution in [0.15, 0.2) is 30.3 Å². The summed E-state index contributed by atoms with van der Waals surface area (Å²) in [5.41, 5.74) is 0. The molecule has 2 nitrogen and oxygen atoms in total. The van der Waals surface area contributed by atoms with Gasteiger partial charge in [0.25, 0.3) is 0 Å². The Bertz CT molecular complexity index is 526. The number of benzene rings is 1. The topological polar surface area (TPSA) is 15.3 Å². The van der Waals surface area contributed by atoms with Crippen molar-refractivity contribution in [2.24, 2.45) is 5.92 Å². The number of hydrogen-bond donors (Lipinski definition) is 1. The molecule has 1 N–H and O–H groups in total. The van der Waals surface area contributed by atoms with E-state index in [1.54, 1.807) is 0 Å². The maximum Gasteiger partial charge on any atom is 0.0387 e. The lowest BCUT2D eigenvalue weighted by Gasteiger charge is -2.27. The molecule has 0 spiro atoms. The third-order valence-electron chi connectivity index (χ3n) is 4.00. The zero-order valence-corrected chi connectivity index (χ0v) is 14.7. The average molecular weight is 305 g/mol. The maximum atomic E-state index is 3.72. The van der Waals surface area contributed by atoms with Crippen molar-refractivity contribution >= 4 is 21.4 Å². The van der Waals surface area contributed by atoms with Crippen LogP contribution in [0, 0.1) is 5.92 Å². The molecule has 0 aliphatic carbocycles. The normalized spacial score (nSPS) is 15.0. The first-order valence-corrected chi connectivity index (χ1v) is 8.67. The highest BCUT2D eigenvalue weighted by Crippen LogP contribution is 2.29. The van der Waals surface area contributed by atoms with Gasteiger partial charge in [-0.3, -0.25) is 0 Å². The second-order valence-electron chi connectivity index (χ2n) is 6.56. The summed E-state index contributed by atoms with van der Waals surface area (Å²) in [5, 5.41) is 5.07. The SMILES string of the molecule is CC(C)CC(CNC(C)c1cc2ccccc2s1)N(C)C. The summed E-state index contributed by atoms with van der Waals surface area (Å²) in [4.78, 5) is 3.77. The van der Waals surface area contributed by atoms with Crippen LogP contribution in [0.3, 0.4) is 0 Å². The molecule has 0 amide bonds. The van der Waals surface area contributed by atoms with E-state index < -0.39 is 0 Å². The zero-order valence-electron chi connectivity index (χ0n) is 13.9. The van der Waals surface area contributed by atoms with Crippen molar-refractivity contribution in [3.8, 4) is 0 Å². The van der Waals surface area contributed by atoms with E-state index in [-0.39, 0.29) is 0 Å². The van der Waals surface area contributed by atoms with Gasteiger partial charge in [0.2, 0.25) is 0 Å². The van der Waals surface area contributed by atoms with Crippen molar-refractivity contribution in [1.29, 1.82) is 0 Å². The van der Waals surface area contributed by atoms with Crippen LogP contribution in [0.1, 0.15) is 38.1 Å². The molecule has 0 fully saturated rings. The standard InChI is InChI=1S/C18H28N2S/c1-13(2)10-16(20(4)5)12-19-14(3)18-11-15-8-6-7-9-17(15)21-18/h6-9,11,13-14,16,19H,10,12H2,1-5H3. The summed E-state index contributed by atoms with van der Waals surface area (Å²) in [7, 11) is 4.36. The Hall–Kier alpha value is -0.900. The van der Waals surface area contributed by atoms with Gasteiger partial charge < -0.3 is 10.2 Å². The van der Waals surface area contributed by atoms with Crippen LogP contribution in [-0.2, 0) is 0 Å². The van der Waals surface area contributed by atoms with Crippen LogP contribution in [0.4, 0.5) is 0 Å². The Morgan fingerprint density at radius 1 is 1.14 bits per heavy atom. The predicted octanol–water partition coefficient (Wildman–Crippen LogP) is 4.53. The molecule has 0 radical (unpaired) electrons. The Balaban J connectivity index is 1.98. The van der Waals surface area contributed by atoms with Crippen LogP contribution in [0.2, 0.25) is 0 Å². The Morgan fingerprint density at radius 3 is 2.48 bits per heavy atom. The molecule has 0 bridgehead atoms. The third kappa shape index (κ3) is 4.53. The van der Waals surface area contributed by atoms with Crippen molar-refractivity contribution in [2.75, 3.05) is 20.6 Å². The van der Waals surface area contributed by atoms with E-state index in [1.165, 1.54) is 21.4 Å². The first kappa shape index (κ1) is 16.5. The van der Waals surface area contributed by atoms with E-state index in [4.69, 9.17) is 0 Å². The Morgan fingerprint density at radius 2 is 1.86 bits per heavy atom. The van der Waals surface area contributed by atoms with Crippen LogP contribution < -0.4 is 5.32 Å². The molecular weight excluding hydrogens is 276 g/mol. The lowest BCUT2D eigenvalue weighted by Crippen LogP contribution is -2.39. The van der Waals surface area contributed by atoms with E-state index in [9.17, 15) is 0 Å². The van der Waals surface area contributed by atoms with Gasteiger partial charge in [0.05, 0.1) is 0 Å². The molecule has 2 atom stereocenters. The predicted molar refractivity (Wildman–Crippen MR) is 95.2 cm³/mol. The molecule has 21 heavy (non-hydrogen) atoms. The van der Waals surface area contributed by atoms with E-state index in [0.717, 1.165) is 12.5 Å².